The Hall–Kier alpha value is -1.08. The van der Waals surface area contributed by atoms with E-state index in [9.17, 15) is 13.2 Å². The van der Waals surface area contributed by atoms with Crippen LogP contribution in [0.3, 0.4) is 0 Å². The van der Waals surface area contributed by atoms with Gasteiger partial charge in [0.2, 0.25) is 0 Å². The molecular formula is C13H16BrNO4S. The lowest BCUT2D eigenvalue weighted by molar-refractivity contribution is 0.0937. The van der Waals surface area contributed by atoms with Crippen molar-refractivity contribution in [3.63, 3.8) is 0 Å². The normalized spacial score (nSPS) is 21.2. The molecule has 5 nitrogen and oxygen atoms in total. The molecule has 1 saturated heterocycles. The summed E-state index contributed by atoms with van der Waals surface area (Å²) in [5.74, 6) is 0.509. The average Bonchev–Trinajstić information content (AvgIpc) is 2.38. The molecular weight excluding hydrogens is 346 g/mol. The summed E-state index contributed by atoms with van der Waals surface area (Å²) in [7, 11) is -1.51. The molecule has 2 rings (SSSR count). The Morgan fingerprint density at radius 3 is 2.85 bits per heavy atom. The van der Waals surface area contributed by atoms with Crippen LogP contribution in [0.25, 0.3) is 0 Å². The molecule has 1 atom stereocenters. The molecule has 20 heavy (non-hydrogen) atoms. The number of carbonyl (C=O) groups excluding carboxylic acids is 1. The van der Waals surface area contributed by atoms with Crippen LogP contribution in [0, 0.1) is 0 Å². The quantitative estimate of drug-likeness (QED) is 0.890. The highest BCUT2D eigenvalue weighted by Crippen LogP contribution is 2.23. The minimum atomic E-state index is -3.03. The van der Waals surface area contributed by atoms with Gasteiger partial charge in [0, 0.05) is 10.5 Å². The largest absolute Gasteiger partial charge is 0.497 e. The standard InChI is InChI=1S/C13H16BrNO4S/c1-19-10-4-5-12(14)11(7-10)13(16)15-9-3-2-6-20(17,18)8-9/h4-5,7,9H,2-3,6,8H2,1H3,(H,15,16)/t9-/m0/s1. The number of methoxy groups -OCH3 is 1. The molecule has 110 valence electrons. The topological polar surface area (TPSA) is 72.5 Å². The number of amides is 1. The van der Waals surface area contributed by atoms with Crippen molar-refractivity contribution in [3.05, 3.63) is 28.2 Å². The highest BCUT2D eigenvalue weighted by molar-refractivity contribution is 9.10. The summed E-state index contributed by atoms with van der Waals surface area (Å²) >= 11 is 3.31. The molecule has 7 heteroatoms. The lowest BCUT2D eigenvalue weighted by atomic mass is 10.1. The molecule has 0 aromatic heterocycles. The number of ether oxygens (including phenoxy) is 1. The maximum atomic E-state index is 12.2. The van der Waals surface area contributed by atoms with Crippen molar-refractivity contribution in [2.75, 3.05) is 18.6 Å². The zero-order valence-electron chi connectivity index (χ0n) is 11.1. The molecule has 1 fully saturated rings. The van der Waals surface area contributed by atoms with Gasteiger partial charge in [-0.15, -0.1) is 0 Å². The van der Waals surface area contributed by atoms with E-state index >= 15 is 0 Å². The molecule has 0 saturated carbocycles. The maximum Gasteiger partial charge on any atom is 0.252 e. The monoisotopic (exact) mass is 361 g/mol. The van der Waals surface area contributed by atoms with Crippen LogP contribution in [0.15, 0.2) is 22.7 Å². The number of nitrogens with one attached hydrogen (secondary N) is 1. The predicted octanol–water partition coefficient (Wildman–Crippen LogP) is 1.76. The Kier molecular flexibility index (Phi) is 4.70. The van der Waals surface area contributed by atoms with Gasteiger partial charge in [0.25, 0.3) is 5.91 Å². The second kappa shape index (κ2) is 6.13. The molecule has 1 aromatic rings. The summed E-state index contributed by atoms with van der Waals surface area (Å²) in [6.45, 7) is 0. The van der Waals surface area contributed by atoms with Gasteiger partial charge < -0.3 is 10.1 Å². The first-order valence-electron chi connectivity index (χ1n) is 6.26. The van der Waals surface area contributed by atoms with Crippen molar-refractivity contribution >= 4 is 31.7 Å². The predicted molar refractivity (Wildman–Crippen MR) is 79.8 cm³/mol. The lowest BCUT2D eigenvalue weighted by Crippen LogP contribution is -2.43. The van der Waals surface area contributed by atoms with E-state index in [4.69, 9.17) is 4.74 Å². The summed E-state index contributed by atoms with van der Waals surface area (Å²) in [4.78, 5) is 12.2. The van der Waals surface area contributed by atoms with Crippen LogP contribution in [0.5, 0.6) is 5.75 Å². The van der Waals surface area contributed by atoms with E-state index in [-0.39, 0.29) is 23.5 Å². The summed E-state index contributed by atoms with van der Waals surface area (Å²) < 4.78 is 28.9. The molecule has 1 aliphatic heterocycles. The Morgan fingerprint density at radius 1 is 1.45 bits per heavy atom. The fourth-order valence-electron chi connectivity index (χ4n) is 2.21. The van der Waals surface area contributed by atoms with Crippen LogP contribution in [0.1, 0.15) is 23.2 Å². The number of hydrogen-bond acceptors (Lipinski definition) is 4. The summed E-state index contributed by atoms with van der Waals surface area (Å²) in [5.41, 5.74) is 0.437. The maximum absolute atomic E-state index is 12.2. The van der Waals surface area contributed by atoms with E-state index in [2.05, 4.69) is 21.2 Å². The van der Waals surface area contributed by atoms with Crippen LogP contribution in [-0.2, 0) is 9.84 Å². The number of hydrogen-bond donors (Lipinski definition) is 1. The molecule has 0 spiro atoms. The minimum absolute atomic E-state index is 0.0142. The van der Waals surface area contributed by atoms with Gasteiger partial charge in [-0.25, -0.2) is 8.42 Å². The molecule has 1 heterocycles. The highest BCUT2D eigenvalue weighted by Gasteiger charge is 2.26. The van der Waals surface area contributed by atoms with E-state index < -0.39 is 9.84 Å². The second-order valence-electron chi connectivity index (χ2n) is 4.77. The summed E-state index contributed by atoms with van der Waals surface area (Å²) in [5, 5.41) is 2.78. The average molecular weight is 362 g/mol. The van der Waals surface area contributed by atoms with Crippen LogP contribution in [0.4, 0.5) is 0 Å². The number of sulfone groups is 1. The van der Waals surface area contributed by atoms with Gasteiger partial charge in [-0.3, -0.25) is 4.79 Å². The first-order valence-corrected chi connectivity index (χ1v) is 8.87. The van der Waals surface area contributed by atoms with E-state index in [1.165, 1.54) is 7.11 Å². The second-order valence-corrected chi connectivity index (χ2v) is 7.86. The first kappa shape index (κ1) is 15.3. The lowest BCUT2D eigenvalue weighted by Gasteiger charge is -2.23. The minimum Gasteiger partial charge on any atom is -0.497 e. The number of carbonyl (C=O) groups is 1. The van der Waals surface area contributed by atoms with Gasteiger partial charge in [-0.1, -0.05) is 0 Å². The number of halogens is 1. The van der Waals surface area contributed by atoms with Crippen LogP contribution < -0.4 is 10.1 Å². The van der Waals surface area contributed by atoms with Crippen molar-refractivity contribution in [2.24, 2.45) is 0 Å². The van der Waals surface area contributed by atoms with E-state index in [1.807, 2.05) is 0 Å². The van der Waals surface area contributed by atoms with Gasteiger partial charge >= 0.3 is 0 Å². The van der Waals surface area contributed by atoms with Crippen molar-refractivity contribution in [3.8, 4) is 5.75 Å². The van der Waals surface area contributed by atoms with Gasteiger partial charge in [-0.05, 0) is 47.0 Å². The summed E-state index contributed by atoms with van der Waals surface area (Å²) in [6, 6.07) is 4.77. The van der Waals surface area contributed by atoms with Gasteiger partial charge in [0.05, 0.1) is 24.2 Å². The van der Waals surface area contributed by atoms with Gasteiger partial charge in [-0.2, -0.15) is 0 Å². The van der Waals surface area contributed by atoms with E-state index in [0.29, 0.717) is 28.6 Å². The van der Waals surface area contributed by atoms with Crippen molar-refractivity contribution < 1.29 is 17.9 Å². The molecule has 1 aliphatic rings. The molecule has 1 amide bonds. The summed E-state index contributed by atoms with van der Waals surface area (Å²) in [6.07, 6.45) is 1.28. The van der Waals surface area contributed by atoms with Crippen LogP contribution in [0.2, 0.25) is 0 Å². The Balaban J connectivity index is 2.12. The molecule has 0 unspecified atom stereocenters. The molecule has 0 aliphatic carbocycles. The molecule has 1 aromatic carbocycles. The third-order valence-corrected chi connectivity index (χ3v) is 5.73. The highest BCUT2D eigenvalue weighted by atomic mass is 79.9. The van der Waals surface area contributed by atoms with Gasteiger partial charge in [0.1, 0.15) is 5.75 Å². The third kappa shape index (κ3) is 3.73. The van der Waals surface area contributed by atoms with E-state index in [0.717, 1.165) is 0 Å². The molecule has 0 radical (unpaired) electrons. The number of rotatable bonds is 3. The number of benzene rings is 1. The zero-order chi connectivity index (χ0) is 14.8. The molecule has 0 bridgehead atoms. The van der Waals surface area contributed by atoms with Crippen molar-refractivity contribution in [2.45, 2.75) is 18.9 Å². The molecule has 1 N–H and O–H groups in total. The van der Waals surface area contributed by atoms with Crippen LogP contribution in [-0.4, -0.2) is 39.0 Å². The van der Waals surface area contributed by atoms with Crippen LogP contribution >= 0.6 is 15.9 Å². The zero-order valence-corrected chi connectivity index (χ0v) is 13.5. The van der Waals surface area contributed by atoms with Gasteiger partial charge in [0.15, 0.2) is 9.84 Å². The fourth-order valence-corrected chi connectivity index (χ4v) is 4.27. The SMILES string of the molecule is COc1ccc(Br)c(C(=O)N[C@H]2CCCS(=O)(=O)C2)c1. The van der Waals surface area contributed by atoms with Crippen molar-refractivity contribution in [1.82, 2.24) is 5.32 Å². The Labute approximate surface area is 126 Å². The van der Waals surface area contributed by atoms with Crippen molar-refractivity contribution in [1.29, 1.82) is 0 Å². The smallest absolute Gasteiger partial charge is 0.252 e. The Bertz CT molecular complexity index is 615. The Morgan fingerprint density at radius 2 is 2.20 bits per heavy atom. The van der Waals surface area contributed by atoms with E-state index in [1.54, 1.807) is 18.2 Å². The third-order valence-electron chi connectivity index (χ3n) is 3.22. The first-order chi connectivity index (χ1) is 9.41. The fraction of sp³-hybridized carbons (Fsp3) is 0.462.